The number of rotatable bonds is 8. The fourth-order valence-electron chi connectivity index (χ4n) is 5.12. The van der Waals surface area contributed by atoms with Crippen molar-refractivity contribution in [3.63, 3.8) is 0 Å². The average molecular weight is 532 g/mol. The van der Waals surface area contributed by atoms with Crippen molar-refractivity contribution >= 4 is 33.6 Å². The second kappa shape index (κ2) is 10.6. The van der Waals surface area contributed by atoms with Gasteiger partial charge in [0.15, 0.2) is 0 Å². The highest BCUT2D eigenvalue weighted by Gasteiger charge is 2.47. The molecule has 1 saturated heterocycles. The number of carbonyl (C=O) groups excluding carboxylic acids is 1. The normalized spacial score (nSPS) is 23.7. The lowest BCUT2D eigenvalue weighted by atomic mass is 9.88. The van der Waals surface area contributed by atoms with Crippen molar-refractivity contribution in [2.75, 3.05) is 20.1 Å². The molecule has 2 N–H and O–H groups in total. The first-order valence-corrected chi connectivity index (χ1v) is 13.7. The van der Waals surface area contributed by atoms with E-state index in [-0.39, 0.29) is 45.7 Å². The number of sulfonamides is 1. The Labute approximate surface area is 211 Å². The van der Waals surface area contributed by atoms with E-state index < -0.39 is 28.0 Å². The van der Waals surface area contributed by atoms with E-state index in [2.05, 4.69) is 26.1 Å². The highest BCUT2D eigenvalue weighted by Crippen LogP contribution is 2.40. The highest BCUT2D eigenvalue weighted by atomic mass is 35.5. The number of carbonyl (C=O) groups is 2. The van der Waals surface area contributed by atoms with Crippen molar-refractivity contribution in [2.45, 2.75) is 69.9 Å². The van der Waals surface area contributed by atoms with Crippen LogP contribution >= 0.6 is 11.6 Å². The van der Waals surface area contributed by atoms with Gasteiger partial charge in [-0.3, -0.25) is 9.69 Å². The first-order chi connectivity index (χ1) is 16.2. The van der Waals surface area contributed by atoms with Crippen LogP contribution in [0.2, 0.25) is 5.02 Å². The molecule has 3 rings (SSSR count). The Morgan fingerprint density at radius 3 is 2.57 bits per heavy atom. The monoisotopic (exact) mass is 531 g/mol. The van der Waals surface area contributed by atoms with Gasteiger partial charge in [-0.1, -0.05) is 38.8 Å². The molecule has 1 heterocycles. The van der Waals surface area contributed by atoms with E-state index in [1.54, 1.807) is 0 Å². The number of benzene rings is 1. The molecule has 0 spiro atoms. The molecule has 1 aromatic carbocycles. The van der Waals surface area contributed by atoms with Gasteiger partial charge in [-0.25, -0.2) is 17.6 Å². The van der Waals surface area contributed by atoms with Gasteiger partial charge in [0.2, 0.25) is 15.9 Å². The summed E-state index contributed by atoms with van der Waals surface area (Å²) >= 11 is 5.79. The van der Waals surface area contributed by atoms with Gasteiger partial charge in [0, 0.05) is 26.2 Å². The number of hydrogen-bond acceptors (Lipinski definition) is 4. The molecule has 4 atom stereocenters. The molecule has 1 aromatic rings. The van der Waals surface area contributed by atoms with Crippen molar-refractivity contribution in [3.05, 3.63) is 29.0 Å². The lowest BCUT2D eigenvalue weighted by Gasteiger charge is -2.29. The number of hydrogen-bond donors (Lipinski definition) is 2. The zero-order chi connectivity index (χ0) is 26.1. The van der Waals surface area contributed by atoms with Gasteiger partial charge in [-0.2, -0.15) is 4.31 Å². The molecule has 0 unspecified atom stereocenters. The summed E-state index contributed by atoms with van der Waals surface area (Å²) in [5.74, 6) is -1.02. The third-order valence-electron chi connectivity index (χ3n) is 7.16. The molecule has 196 valence electrons. The summed E-state index contributed by atoms with van der Waals surface area (Å²) < 4.78 is 41.1. The molecule has 1 aliphatic carbocycles. The van der Waals surface area contributed by atoms with Crippen molar-refractivity contribution in [3.8, 4) is 0 Å². The molecule has 2 amide bonds. The molecule has 35 heavy (non-hydrogen) atoms. The van der Waals surface area contributed by atoms with E-state index >= 15 is 0 Å². The maximum atomic E-state index is 13.5. The summed E-state index contributed by atoms with van der Waals surface area (Å²) in [6.07, 6.45) is 2.29. The zero-order valence-electron chi connectivity index (χ0n) is 20.6. The predicted molar refractivity (Wildman–Crippen MR) is 131 cm³/mol. The molecule has 8 nitrogen and oxygen atoms in total. The molecule has 0 aromatic heterocycles. The predicted octanol–water partition coefficient (Wildman–Crippen LogP) is 4.19. The average Bonchev–Trinajstić information content (AvgIpc) is 3.34. The smallest absolute Gasteiger partial charge is 0.407 e. The standard InChI is InChI=1S/C24H35ClFN3O5S/c1-24(2,3)11-5-6-21(28(4)23(31)32)22(30)27-20-10-7-15-13-29(14-17(15)20)35(33,34)16-8-9-19(26)18(25)12-16/h8-9,12,15,17,20-21H,5-7,10-11,13-14H2,1-4H3,(H,27,30)(H,31,32)/t15-,17+,20+,21+/m1/s1. The van der Waals surface area contributed by atoms with Crippen LogP contribution in [0.15, 0.2) is 23.1 Å². The first-order valence-electron chi connectivity index (χ1n) is 11.9. The molecule has 2 aliphatic rings. The largest absolute Gasteiger partial charge is 0.465 e. The number of nitrogens with one attached hydrogen (secondary N) is 1. The quantitative estimate of drug-likeness (QED) is 0.523. The van der Waals surface area contributed by atoms with E-state index in [1.807, 2.05) is 0 Å². The Bertz CT molecular complexity index is 1060. The topological polar surface area (TPSA) is 107 Å². The number of carboxylic acid groups (broad SMARTS) is 1. The Balaban J connectivity index is 1.68. The van der Waals surface area contributed by atoms with Gasteiger partial charge in [0.05, 0.1) is 9.92 Å². The lowest BCUT2D eigenvalue weighted by Crippen LogP contribution is -2.51. The minimum absolute atomic E-state index is 0.0635. The molecule has 11 heteroatoms. The number of likely N-dealkylation sites (N-methyl/N-ethyl adjacent to an activating group) is 1. The Kier molecular flexibility index (Phi) is 8.38. The molecular formula is C24H35ClFN3O5S. The molecule has 1 aliphatic heterocycles. The van der Waals surface area contributed by atoms with Crippen LogP contribution in [0.25, 0.3) is 0 Å². The van der Waals surface area contributed by atoms with Crippen LogP contribution in [-0.4, -0.2) is 67.0 Å². The molecular weight excluding hydrogens is 497 g/mol. The van der Waals surface area contributed by atoms with Gasteiger partial charge < -0.3 is 10.4 Å². The van der Waals surface area contributed by atoms with Gasteiger partial charge in [0.25, 0.3) is 0 Å². The maximum Gasteiger partial charge on any atom is 0.407 e. The first kappa shape index (κ1) is 27.7. The summed E-state index contributed by atoms with van der Waals surface area (Å²) in [4.78, 5) is 25.7. The van der Waals surface area contributed by atoms with Crippen LogP contribution in [0.4, 0.5) is 9.18 Å². The summed E-state index contributed by atoms with van der Waals surface area (Å²) in [6.45, 7) is 6.85. The van der Waals surface area contributed by atoms with Crippen LogP contribution < -0.4 is 5.32 Å². The third kappa shape index (κ3) is 6.46. The van der Waals surface area contributed by atoms with Gasteiger partial charge in [-0.15, -0.1) is 0 Å². The van der Waals surface area contributed by atoms with Crippen molar-refractivity contribution in [1.29, 1.82) is 0 Å². The Morgan fingerprint density at radius 2 is 1.97 bits per heavy atom. The Hall–Kier alpha value is -1.91. The van der Waals surface area contributed by atoms with Crippen LogP contribution in [0.5, 0.6) is 0 Å². The summed E-state index contributed by atoms with van der Waals surface area (Å²) in [7, 11) is -2.45. The number of halogens is 2. The van der Waals surface area contributed by atoms with Crippen molar-refractivity contribution in [1.82, 2.24) is 14.5 Å². The van der Waals surface area contributed by atoms with E-state index in [0.717, 1.165) is 29.9 Å². The maximum absolute atomic E-state index is 13.5. The molecule has 0 bridgehead atoms. The van der Waals surface area contributed by atoms with Crippen molar-refractivity contribution in [2.24, 2.45) is 17.3 Å². The van der Waals surface area contributed by atoms with Gasteiger partial charge in [-0.05, 0) is 61.1 Å². The van der Waals surface area contributed by atoms with Crippen LogP contribution in [-0.2, 0) is 14.8 Å². The number of nitrogens with zero attached hydrogens (tertiary/aromatic N) is 2. The fraction of sp³-hybridized carbons (Fsp3) is 0.667. The van der Waals surface area contributed by atoms with E-state index in [1.165, 1.54) is 17.4 Å². The van der Waals surface area contributed by atoms with E-state index in [0.29, 0.717) is 25.8 Å². The molecule has 1 saturated carbocycles. The zero-order valence-corrected chi connectivity index (χ0v) is 22.2. The van der Waals surface area contributed by atoms with Crippen LogP contribution in [0.1, 0.15) is 52.9 Å². The minimum Gasteiger partial charge on any atom is -0.465 e. The number of fused-ring (bicyclic) bond motifs is 1. The molecule has 2 fully saturated rings. The van der Waals surface area contributed by atoms with Crippen LogP contribution in [0, 0.1) is 23.1 Å². The van der Waals surface area contributed by atoms with Crippen molar-refractivity contribution < 1.29 is 27.5 Å². The van der Waals surface area contributed by atoms with Crippen LogP contribution in [0.3, 0.4) is 0 Å². The third-order valence-corrected chi connectivity index (χ3v) is 9.27. The fourth-order valence-corrected chi connectivity index (χ4v) is 6.93. The minimum atomic E-state index is -3.86. The second-order valence-corrected chi connectivity index (χ2v) is 13.2. The highest BCUT2D eigenvalue weighted by molar-refractivity contribution is 7.89. The molecule has 0 radical (unpaired) electrons. The Morgan fingerprint density at radius 1 is 1.29 bits per heavy atom. The number of amides is 2. The summed E-state index contributed by atoms with van der Waals surface area (Å²) in [5, 5.41) is 12.3. The summed E-state index contributed by atoms with van der Waals surface area (Å²) in [6, 6.07) is 2.30. The summed E-state index contributed by atoms with van der Waals surface area (Å²) in [5.41, 5.74) is 0.0784. The SMILES string of the molecule is CN(C(=O)O)[C@@H](CCCC(C)(C)C)C(=O)N[C@H]1CC[C@@H]2CN(S(=O)(=O)c3ccc(F)c(Cl)c3)C[C@@H]21. The van der Waals surface area contributed by atoms with Gasteiger partial charge in [0.1, 0.15) is 11.9 Å². The van der Waals surface area contributed by atoms with E-state index in [9.17, 15) is 27.5 Å². The van der Waals surface area contributed by atoms with E-state index in [4.69, 9.17) is 11.6 Å². The lowest BCUT2D eigenvalue weighted by molar-refractivity contribution is -0.126. The van der Waals surface area contributed by atoms with Gasteiger partial charge >= 0.3 is 6.09 Å². The second-order valence-electron chi connectivity index (χ2n) is 10.9.